The highest BCUT2D eigenvalue weighted by Crippen LogP contribution is 2.22. The minimum atomic E-state index is -0.395. The Kier molecular flexibility index (Phi) is 4.96. The average Bonchev–Trinajstić information content (AvgIpc) is 3.24. The molecule has 1 aliphatic heterocycles. The van der Waals surface area contributed by atoms with Gasteiger partial charge in [-0.3, -0.25) is 4.79 Å². The van der Waals surface area contributed by atoms with Crippen LogP contribution in [0.4, 0.5) is 0 Å². The van der Waals surface area contributed by atoms with E-state index >= 15 is 0 Å². The van der Waals surface area contributed by atoms with Gasteiger partial charge in [-0.05, 0) is 12.5 Å². The van der Waals surface area contributed by atoms with Crippen molar-refractivity contribution in [3.05, 3.63) is 39.1 Å². The number of nitrogens with one attached hydrogen (secondary N) is 1. The molecule has 0 unspecified atom stereocenters. The SMILES string of the molecule is CCc1nc(C(=O)NCc2cc(C(=O)OC)c3n2CCOC3)cs1. The summed E-state index contributed by atoms with van der Waals surface area (Å²) < 4.78 is 12.3. The van der Waals surface area contributed by atoms with E-state index < -0.39 is 5.97 Å². The van der Waals surface area contributed by atoms with Gasteiger partial charge in [0.1, 0.15) is 5.69 Å². The zero-order valence-corrected chi connectivity index (χ0v) is 14.4. The molecule has 0 radical (unpaired) electrons. The lowest BCUT2D eigenvalue weighted by atomic mass is 10.2. The van der Waals surface area contributed by atoms with Gasteiger partial charge in [-0.25, -0.2) is 9.78 Å². The van der Waals surface area contributed by atoms with E-state index in [1.165, 1.54) is 18.4 Å². The van der Waals surface area contributed by atoms with E-state index in [4.69, 9.17) is 9.47 Å². The molecular weight excluding hydrogens is 330 g/mol. The number of carbonyl (C=O) groups is 2. The highest BCUT2D eigenvalue weighted by Gasteiger charge is 2.23. The number of fused-ring (bicyclic) bond motifs is 1. The first kappa shape index (κ1) is 16.7. The van der Waals surface area contributed by atoms with Crippen LogP contribution < -0.4 is 5.32 Å². The molecule has 1 amide bonds. The number of rotatable bonds is 5. The lowest BCUT2D eigenvalue weighted by Crippen LogP contribution is -2.26. The molecule has 7 nitrogen and oxygen atoms in total. The summed E-state index contributed by atoms with van der Waals surface area (Å²) in [4.78, 5) is 28.4. The lowest BCUT2D eigenvalue weighted by molar-refractivity contribution is 0.0574. The maximum absolute atomic E-state index is 12.2. The molecule has 1 aliphatic rings. The Morgan fingerprint density at radius 3 is 3.04 bits per heavy atom. The van der Waals surface area contributed by atoms with Gasteiger partial charge in [-0.1, -0.05) is 6.92 Å². The molecule has 3 rings (SSSR count). The minimum Gasteiger partial charge on any atom is -0.465 e. The number of carbonyl (C=O) groups excluding carboxylic acids is 2. The topological polar surface area (TPSA) is 82.5 Å². The van der Waals surface area contributed by atoms with Crippen LogP contribution in [0.2, 0.25) is 0 Å². The van der Waals surface area contributed by atoms with E-state index in [9.17, 15) is 9.59 Å². The Labute approximate surface area is 143 Å². The molecule has 2 aromatic heterocycles. The fourth-order valence-electron chi connectivity index (χ4n) is 2.68. The van der Waals surface area contributed by atoms with Crippen molar-refractivity contribution < 1.29 is 19.1 Å². The van der Waals surface area contributed by atoms with E-state index in [0.717, 1.165) is 22.8 Å². The molecule has 128 valence electrons. The molecule has 8 heteroatoms. The molecule has 0 bridgehead atoms. The number of ether oxygens (including phenoxy) is 2. The third-order valence-electron chi connectivity index (χ3n) is 3.91. The summed E-state index contributed by atoms with van der Waals surface area (Å²) in [6, 6.07) is 1.76. The largest absolute Gasteiger partial charge is 0.465 e. The standard InChI is InChI=1S/C16H19N3O4S/c1-3-14-18-12(9-24-14)15(20)17-7-10-6-11(16(21)22-2)13-8-23-5-4-19(10)13/h6,9H,3-5,7-8H2,1-2H3,(H,17,20). The predicted molar refractivity (Wildman–Crippen MR) is 88.1 cm³/mol. The number of esters is 1. The summed E-state index contributed by atoms with van der Waals surface area (Å²) in [5.41, 5.74) is 2.56. The number of aromatic nitrogens is 2. The summed E-state index contributed by atoms with van der Waals surface area (Å²) in [5.74, 6) is -0.609. The van der Waals surface area contributed by atoms with Gasteiger partial charge < -0.3 is 19.4 Å². The van der Waals surface area contributed by atoms with Crippen LogP contribution in [0.3, 0.4) is 0 Å². The smallest absolute Gasteiger partial charge is 0.339 e. The van der Waals surface area contributed by atoms with Crippen molar-refractivity contribution in [3.63, 3.8) is 0 Å². The van der Waals surface area contributed by atoms with Gasteiger partial charge in [0.2, 0.25) is 0 Å². The molecule has 3 heterocycles. The molecule has 2 aromatic rings. The Morgan fingerprint density at radius 1 is 1.50 bits per heavy atom. The maximum Gasteiger partial charge on any atom is 0.339 e. The van der Waals surface area contributed by atoms with Crippen molar-refractivity contribution in [2.75, 3.05) is 13.7 Å². The number of nitrogens with zero attached hydrogens (tertiary/aromatic N) is 2. The van der Waals surface area contributed by atoms with Crippen molar-refractivity contribution in [2.24, 2.45) is 0 Å². The van der Waals surface area contributed by atoms with Crippen molar-refractivity contribution in [1.82, 2.24) is 14.9 Å². The van der Waals surface area contributed by atoms with E-state index in [0.29, 0.717) is 37.6 Å². The van der Waals surface area contributed by atoms with Gasteiger partial charge in [-0.2, -0.15) is 0 Å². The van der Waals surface area contributed by atoms with E-state index in [-0.39, 0.29) is 5.91 Å². The summed E-state index contributed by atoms with van der Waals surface area (Å²) >= 11 is 1.48. The van der Waals surface area contributed by atoms with Crippen LogP contribution in [0.5, 0.6) is 0 Å². The molecule has 0 aliphatic carbocycles. The van der Waals surface area contributed by atoms with Crippen LogP contribution >= 0.6 is 11.3 Å². The number of amides is 1. The highest BCUT2D eigenvalue weighted by atomic mass is 32.1. The number of thiazole rings is 1. The summed E-state index contributed by atoms with van der Waals surface area (Å²) in [7, 11) is 1.35. The zero-order chi connectivity index (χ0) is 17.1. The molecule has 1 N–H and O–H groups in total. The van der Waals surface area contributed by atoms with E-state index in [1.807, 2.05) is 11.5 Å². The third-order valence-corrected chi connectivity index (χ3v) is 4.91. The zero-order valence-electron chi connectivity index (χ0n) is 13.6. The molecule has 0 fully saturated rings. The van der Waals surface area contributed by atoms with Gasteiger partial charge in [0.15, 0.2) is 0 Å². The number of hydrogen-bond donors (Lipinski definition) is 1. The van der Waals surface area contributed by atoms with E-state index in [2.05, 4.69) is 10.3 Å². The average molecular weight is 349 g/mol. The quantitative estimate of drug-likeness (QED) is 0.832. The third kappa shape index (κ3) is 3.20. The van der Waals surface area contributed by atoms with Crippen LogP contribution in [-0.4, -0.2) is 35.1 Å². The van der Waals surface area contributed by atoms with Crippen LogP contribution in [0.25, 0.3) is 0 Å². The first-order valence-electron chi connectivity index (χ1n) is 7.74. The molecular formula is C16H19N3O4S. The van der Waals surface area contributed by atoms with Gasteiger partial charge in [0.25, 0.3) is 5.91 Å². The fourth-order valence-corrected chi connectivity index (χ4v) is 3.40. The Balaban J connectivity index is 1.76. The molecule has 0 spiro atoms. The number of aryl methyl sites for hydroxylation is 1. The van der Waals surface area contributed by atoms with Crippen molar-refractivity contribution >= 4 is 23.2 Å². The van der Waals surface area contributed by atoms with E-state index in [1.54, 1.807) is 11.4 Å². The van der Waals surface area contributed by atoms with Gasteiger partial charge in [0.05, 0.1) is 43.1 Å². The first-order valence-corrected chi connectivity index (χ1v) is 8.62. The maximum atomic E-state index is 12.2. The first-order chi connectivity index (χ1) is 11.6. The molecule has 0 atom stereocenters. The Hall–Kier alpha value is -2.19. The summed E-state index contributed by atoms with van der Waals surface area (Å²) in [6.45, 7) is 3.92. The summed E-state index contributed by atoms with van der Waals surface area (Å²) in [5, 5.41) is 5.56. The molecule has 0 saturated carbocycles. The minimum absolute atomic E-state index is 0.215. The second-order valence-electron chi connectivity index (χ2n) is 5.35. The monoisotopic (exact) mass is 349 g/mol. The van der Waals surface area contributed by atoms with Crippen molar-refractivity contribution in [3.8, 4) is 0 Å². The Bertz CT molecular complexity index is 765. The van der Waals surface area contributed by atoms with Crippen molar-refractivity contribution in [2.45, 2.75) is 33.0 Å². The van der Waals surface area contributed by atoms with Crippen LogP contribution in [0.15, 0.2) is 11.4 Å². The van der Waals surface area contributed by atoms with Crippen LogP contribution in [0, 0.1) is 0 Å². The highest BCUT2D eigenvalue weighted by molar-refractivity contribution is 7.09. The van der Waals surface area contributed by atoms with Gasteiger partial charge >= 0.3 is 5.97 Å². The second-order valence-corrected chi connectivity index (χ2v) is 6.30. The molecule has 24 heavy (non-hydrogen) atoms. The number of hydrogen-bond acceptors (Lipinski definition) is 6. The Morgan fingerprint density at radius 2 is 2.33 bits per heavy atom. The van der Waals surface area contributed by atoms with Crippen LogP contribution in [0.1, 0.15) is 44.2 Å². The van der Waals surface area contributed by atoms with Crippen LogP contribution in [-0.2, 0) is 35.6 Å². The van der Waals surface area contributed by atoms with Gasteiger partial charge in [0, 0.05) is 17.6 Å². The normalized spacial score (nSPS) is 13.4. The van der Waals surface area contributed by atoms with Gasteiger partial charge in [-0.15, -0.1) is 11.3 Å². The second kappa shape index (κ2) is 7.14. The lowest BCUT2D eigenvalue weighted by Gasteiger charge is -2.19. The summed E-state index contributed by atoms with van der Waals surface area (Å²) in [6.07, 6.45) is 0.812. The molecule has 0 aromatic carbocycles. The van der Waals surface area contributed by atoms with Crippen molar-refractivity contribution in [1.29, 1.82) is 0 Å². The molecule has 0 saturated heterocycles. The fraction of sp³-hybridized carbons (Fsp3) is 0.438. The number of methoxy groups -OCH3 is 1. The predicted octanol–water partition coefficient (Wildman–Crippen LogP) is 1.75.